The number of carbonyl (C=O) groups is 1. The summed E-state index contributed by atoms with van der Waals surface area (Å²) in [6.07, 6.45) is 3.29. The van der Waals surface area contributed by atoms with Crippen molar-refractivity contribution in [3.63, 3.8) is 0 Å². The van der Waals surface area contributed by atoms with Crippen molar-refractivity contribution >= 4 is 17.5 Å². The van der Waals surface area contributed by atoms with Crippen molar-refractivity contribution in [1.29, 1.82) is 0 Å². The quantitative estimate of drug-likeness (QED) is 0.872. The monoisotopic (exact) mass is 295 g/mol. The Morgan fingerprint density at radius 1 is 1.25 bits per heavy atom. The lowest BCUT2D eigenvalue weighted by molar-refractivity contribution is 0.0946. The Morgan fingerprint density at radius 3 is 2.80 bits per heavy atom. The van der Waals surface area contributed by atoms with Crippen LogP contribution in [0.1, 0.15) is 29.6 Å². The molecule has 5 heteroatoms. The molecule has 3 rings (SSSR count). The molecule has 0 saturated heterocycles. The molecule has 108 valence electrons. The number of halogens is 1. The average molecular weight is 296 g/mol. The van der Waals surface area contributed by atoms with Gasteiger partial charge in [0.1, 0.15) is 13.2 Å². The minimum absolute atomic E-state index is 0.0854. The average Bonchev–Trinajstić information content (AvgIpc) is 2.89. The van der Waals surface area contributed by atoms with Gasteiger partial charge in [-0.25, -0.2) is 0 Å². The van der Waals surface area contributed by atoms with E-state index < -0.39 is 0 Å². The molecule has 1 aliphatic heterocycles. The van der Waals surface area contributed by atoms with Gasteiger partial charge in [0.05, 0.1) is 0 Å². The number of benzene rings is 1. The Morgan fingerprint density at radius 2 is 2.05 bits per heavy atom. The third-order valence-electron chi connectivity index (χ3n) is 3.90. The molecule has 1 aromatic rings. The van der Waals surface area contributed by atoms with Crippen LogP contribution in [-0.4, -0.2) is 31.0 Å². The molecular formula is C15H18ClNO3. The van der Waals surface area contributed by atoms with Crippen LogP contribution in [0.2, 0.25) is 0 Å². The minimum Gasteiger partial charge on any atom is -0.486 e. The third kappa shape index (κ3) is 2.85. The maximum absolute atomic E-state index is 12.1. The molecule has 2 atom stereocenters. The molecular weight excluding hydrogens is 278 g/mol. The first-order chi connectivity index (χ1) is 9.74. The molecule has 1 amide bonds. The lowest BCUT2D eigenvalue weighted by Crippen LogP contribution is -2.31. The molecule has 1 N–H and O–H groups in total. The maximum atomic E-state index is 12.1. The zero-order valence-electron chi connectivity index (χ0n) is 11.2. The number of hydrogen-bond acceptors (Lipinski definition) is 3. The Hall–Kier alpha value is -1.42. The first-order valence-electron chi connectivity index (χ1n) is 7.06. The molecule has 0 spiro atoms. The summed E-state index contributed by atoms with van der Waals surface area (Å²) in [4.78, 5) is 12.1. The van der Waals surface area contributed by atoms with Crippen LogP contribution >= 0.6 is 11.6 Å². The van der Waals surface area contributed by atoms with Crippen molar-refractivity contribution in [1.82, 2.24) is 5.32 Å². The van der Waals surface area contributed by atoms with Gasteiger partial charge in [0.2, 0.25) is 0 Å². The highest BCUT2D eigenvalue weighted by atomic mass is 35.5. The van der Waals surface area contributed by atoms with Crippen molar-refractivity contribution in [2.24, 2.45) is 5.92 Å². The molecule has 2 unspecified atom stereocenters. The molecule has 20 heavy (non-hydrogen) atoms. The third-order valence-corrected chi connectivity index (χ3v) is 4.47. The van der Waals surface area contributed by atoms with Crippen LogP contribution in [0.15, 0.2) is 18.2 Å². The van der Waals surface area contributed by atoms with E-state index in [-0.39, 0.29) is 11.3 Å². The minimum atomic E-state index is -0.0854. The number of fused-ring (bicyclic) bond motifs is 1. The fourth-order valence-electron chi connectivity index (χ4n) is 2.73. The van der Waals surface area contributed by atoms with Gasteiger partial charge in [-0.2, -0.15) is 0 Å². The molecule has 0 radical (unpaired) electrons. The molecule has 4 nitrogen and oxygen atoms in total. The molecule has 1 aliphatic carbocycles. The summed E-state index contributed by atoms with van der Waals surface area (Å²) in [5.41, 5.74) is 0.596. The normalized spacial score (nSPS) is 24.4. The van der Waals surface area contributed by atoms with E-state index in [2.05, 4.69) is 5.32 Å². The molecule has 2 aliphatic rings. The Labute approximate surface area is 123 Å². The standard InChI is InChI=1S/C15H18ClNO3/c16-12-3-1-2-11(12)9-17-15(18)10-4-5-13-14(8-10)20-7-6-19-13/h4-5,8,11-12H,1-3,6-7,9H2,(H,17,18). The zero-order chi connectivity index (χ0) is 13.9. The van der Waals surface area contributed by atoms with Gasteiger partial charge in [0, 0.05) is 17.5 Å². The van der Waals surface area contributed by atoms with Crippen molar-refractivity contribution in [2.75, 3.05) is 19.8 Å². The van der Waals surface area contributed by atoms with E-state index in [9.17, 15) is 4.79 Å². The molecule has 1 saturated carbocycles. The smallest absolute Gasteiger partial charge is 0.251 e. The fraction of sp³-hybridized carbons (Fsp3) is 0.533. The van der Waals surface area contributed by atoms with E-state index in [0.717, 1.165) is 19.3 Å². The second-order valence-electron chi connectivity index (χ2n) is 5.28. The molecule has 1 fully saturated rings. The van der Waals surface area contributed by atoms with Crippen LogP contribution in [0, 0.1) is 5.92 Å². The SMILES string of the molecule is O=C(NCC1CCCC1Cl)c1ccc2c(c1)OCCO2. The molecule has 0 aromatic heterocycles. The second-order valence-corrected chi connectivity index (χ2v) is 5.84. The summed E-state index contributed by atoms with van der Waals surface area (Å²) < 4.78 is 10.9. The van der Waals surface area contributed by atoms with Crippen molar-refractivity contribution in [3.05, 3.63) is 23.8 Å². The number of ether oxygens (including phenoxy) is 2. The van der Waals surface area contributed by atoms with Gasteiger partial charge in [-0.05, 0) is 37.0 Å². The van der Waals surface area contributed by atoms with Crippen molar-refractivity contribution in [2.45, 2.75) is 24.6 Å². The Balaban J connectivity index is 1.62. The van der Waals surface area contributed by atoms with Gasteiger partial charge < -0.3 is 14.8 Å². The van der Waals surface area contributed by atoms with Crippen LogP contribution in [0.3, 0.4) is 0 Å². The molecule has 1 heterocycles. The van der Waals surface area contributed by atoms with Gasteiger partial charge in [-0.3, -0.25) is 4.79 Å². The molecule has 0 bridgehead atoms. The number of nitrogens with one attached hydrogen (secondary N) is 1. The summed E-state index contributed by atoms with van der Waals surface area (Å²) in [6, 6.07) is 5.27. The van der Waals surface area contributed by atoms with Gasteiger partial charge in [-0.15, -0.1) is 11.6 Å². The van der Waals surface area contributed by atoms with E-state index in [1.54, 1.807) is 18.2 Å². The maximum Gasteiger partial charge on any atom is 0.251 e. The summed E-state index contributed by atoms with van der Waals surface area (Å²) in [5, 5.41) is 3.15. The van der Waals surface area contributed by atoms with Crippen LogP contribution in [-0.2, 0) is 0 Å². The van der Waals surface area contributed by atoms with Crippen LogP contribution in [0.25, 0.3) is 0 Å². The first-order valence-corrected chi connectivity index (χ1v) is 7.49. The van der Waals surface area contributed by atoms with Crippen LogP contribution in [0.5, 0.6) is 11.5 Å². The summed E-state index contributed by atoms with van der Waals surface area (Å²) in [5.74, 6) is 1.64. The summed E-state index contributed by atoms with van der Waals surface area (Å²) >= 11 is 6.21. The summed E-state index contributed by atoms with van der Waals surface area (Å²) in [6.45, 7) is 1.72. The Bertz CT molecular complexity index is 506. The van der Waals surface area contributed by atoms with E-state index >= 15 is 0 Å². The second kappa shape index (κ2) is 5.92. The van der Waals surface area contributed by atoms with E-state index in [0.29, 0.717) is 42.7 Å². The van der Waals surface area contributed by atoms with Gasteiger partial charge >= 0.3 is 0 Å². The largest absolute Gasteiger partial charge is 0.486 e. The summed E-state index contributed by atoms with van der Waals surface area (Å²) in [7, 11) is 0. The van der Waals surface area contributed by atoms with E-state index in [1.807, 2.05) is 0 Å². The van der Waals surface area contributed by atoms with Gasteiger partial charge in [0.15, 0.2) is 11.5 Å². The highest BCUT2D eigenvalue weighted by Gasteiger charge is 2.25. The van der Waals surface area contributed by atoms with Crippen LogP contribution in [0.4, 0.5) is 0 Å². The number of rotatable bonds is 3. The fourth-order valence-corrected chi connectivity index (χ4v) is 3.10. The zero-order valence-corrected chi connectivity index (χ0v) is 12.0. The lowest BCUT2D eigenvalue weighted by Gasteiger charge is -2.19. The number of hydrogen-bond donors (Lipinski definition) is 1. The number of carbonyl (C=O) groups excluding carboxylic acids is 1. The van der Waals surface area contributed by atoms with Gasteiger partial charge in [-0.1, -0.05) is 6.42 Å². The highest BCUT2D eigenvalue weighted by molar-refractivity contribution is 6.21. The van der Waals surface area contributed by atoms with Gasteiger partial charge in [0.25, 0.3) is 5.91 Å². The van der Waals surface area contributed by atoms with Crippen LogP contribution < -0.4 is 14.8 Å². The van der Waals surface area contributed by atoms with Crippen molar-refractivity contribution < 1.29 is 14.3 Å². The topological polar surface area (TPSA) is 47.6 Å². The predicted molar refractivity (Wildman–Crippen MR) is 76.7 cm³/mol. The lowest BCUT2D eigenvalue weighted by atomic mass is 10.1. The highest BCUT2D eigenvalue weighted by Crippen LogP contribution is 2.31. The number of amides is 1. The predicted octanol–water partition coefficient (Wildman–Crippen LogP) is 2.60. The van der Waals surface area contributed by atoms with Crippen molar-refractivity contribution in [3.8, 4) is 11.5 Å². The van der Waals surface area contributed by atoms with E-state index in [1.165, 1.54) is 0 Å². The van der Waals surface area contributed by atoms with E-state index in [4.69, 9.17) is 21.1 Å². The first kappa shape index (κ1) is 13.6. The Kier molecular flexibility index (Phi) is 4.01. The molecule has 1 aromatic carbocycles. The number of alkyl halides is 1.